The average Bonchev–Trinajstić information content (AvgIpc) is 2.69. The smallest absolute Gasteiger partial charge is 0.324 e. The van der Waals surface area contributed by atoms with Crippen LogP contribution in [-0.2, 0) is 32.2 Å². The zero-order valence-electron chi connectivity index (χ0n) is 17.9. The molecule has 0 aromatic heterocycles. The Morgan fingerprint density at radius 2 is 0.647 bits per heavy atom. The molecule has 0 saturated carbocycles. The Morgan fingerprint density at radius 3 is 0.824 bits per heavy atom. The van der Waals surface area contributed by atoms with E-state index in [0.29, 0.717) is 16.7 Å². The van der Waals surface area contributed by atoms with E-state index >= 15 is 0 Å². The summed E-state index contributed by atoms with van der Waals surface area (Å²) in [5.41, 5.74) is 3.85. The third kappa shape index (κ3) is 8.40. The summed E-state index contributed by atoms with van der Waals surface area (Å²) in [6.45, 7) is 0. The summed E-state index contributed by atoms with van der Waals surface area (Å²) in [7, 11) is -12.6. The summed E-state index contributed by atoms with van der Waals surface area (Å²) < 4.78 is 33.9. The second kappa shape index (κ2) is 10.4. The van der Waals surface area contributed by atoms with Crippen LogP contribution in [0.3, 0.4) is 0 Å². The summed E-state index contributed by atoms with van der Waals surface area (Å²) in [6.07, 6.45) is -1.15. The van der Waals surface area contributed by atoms with Crippen LogP contribution in [0, 0.1) is 0 Å². The fourth-order valence-electron chi connectivity index (χ4n) is 3.74. The fourth-order valence-corrected chi connectivity index (χ4v) is 5.80. The molecule has 0 amide bonds. The van der Waals surface area contributed by atoms with E-state index in [2.05, 4.69) is 0 Å². The van der Waals surface area contributed by atoms with Gasteiger partial charge >= 0.3 is 22.8 Å². The highest BCUT2D eigenvalue weighted by Crippen LogP contribution is 2.42. The molecule has 0 bridgehead atoms. The second-order valence-electron chi connectivity index (χ2n) is 8.13. The Morgan fingerprint density at radius 1 is 0.441 bits per heavy atom. The highest BCUT2D eigenvalue weighted by molar-refractivity contribution is 7.51. The van der Waals surface area contributed by atoms with Crippen LogP contribution in [0.4, 0.5) is 0 Å². The Bertz CT molecular complexity index is 1090. The van der Waals surface area contributed by atoms with Crippen molar-refractivity contribution in [1.82, 2.24) is 0 Å². The Kier molecular flexibility index (Phi) is 8.16. The van der Waals surface area contributed by atoms with E-state index in [1.54, 1.807) is 72.8 Å². The minimum absolute atomic E-state index is 0.336. The van der Waals surface area contributed by atoms with Crippen molar-refractivity contribution in [2.75, 3.05) is 0 Å². The zero-order chi connectivity index (χ0) is 25.1. The lowest BCUT2D eigenvalue weighted by Crippen LogP contribution is -2.04. The van der Waals surface area contributed by atoms with Crippen molar-refractivity contribution in [3.05, 3.63) is 106 Å². The van der Waals surface area contributed by atoms with Crippen LogP contribution >= 0.6 is 22.8 Å². The van der Waals surface area contributed by atoms with Gasteiger partial charge in [0.15, 0.2) is 0 Å². The number of hydrogen-bond donors (Lipinski definition) is 6. The monoisotopic (exact) mass is 526 g/mol. The maximum atomic E-state index is 11.3. The molecular formula is C22H25O9P3. The van der Waals surface area contributed by atoms with Crippen molar-refractivity contribution in [1.29, 1.82) is 0 Å². The van der Waals surface area contributed by atoms with Gasteiger partial charge in [-0.25, -0.2) is 0 Å². The minimum Gasteiger partial charge on any atom is -0.324 e. The van der Waals surface area contributed by atoms with E-state index < -0.39 is 22.8 Å². The summed E-state index contributed by atoms with van der Waals surface area (Å²) in [4.78, 5) is 55.3. The summed E-state index contributed by atoms with van der Waals surface area (Å²) in [5, 5.41) is 0. The molecule has 0 spiro atoms. The van der Waals surface area contributed by atoms with Gasteiger partial charge in [0, 0.05) is 5.92 Å². The van der Waals surface area contributed by atoms with Crippen LogP contribution in [-0.4, -0.2) is 29.4 Å². The topological polar surface area (TPSA) is 173 Å². The van der Waals surface area contributed by atoms with Crippen molar-refractivity contribution >= 4 is 22.8 Å². The molecule has 0 aliphatic rings. The lowest BCUT2D eigenvalue weighted by molar-refractivity contribution is 0.369. The lowest BCUT2D eigenvalue weighted by Gasteiger charge is -2.20. The van der Waals surface area contributed by atoms with Gasteiger partial charge in [0.1, 0.15) is 0 Å². The van der Waals surface area contributed by atoms with E-state index in [9.17, 15) is 43.1 Å². The van der Waals surface area contributed by atoms with Gasteiger partial charge in [0.25, 0.3) is 0 Å². The zero-order valence-corrected chi connectivity index (χ0v) is 20.6. The van der Waals surface area contributed by atoms with Crippen LogP contribution in [0.15, 0.2) is 72.8 Å². The lowest BCUT2D eigenvalue weighted by atomic mass is 9.84. The number of hydrogen-bond acceptors (Lipinski definition) is 3. The Hall–Kier alpha value is -1.89. The molecule has 0 radical (unpaired) electrons. The highest BCUT2D eigenvalue weighted by Gasteiger charge is 2.21. The van der Waals surface area contributed by atoms with E-state index in [1.165, 1.54) is 0 Å². The van der Waals surface area contributed by atoms with Gasteiger partial charge in [-0.2, -0.15) is 0 Å². The van der Waals surface area contributed by atoms with Gasteiger partial charge in [0.2, 0.25) is 0 Å². The molecule has 0 aliphatic heterocycles. The van der Waals surface area contributed by atoms with Crippen molar-refractivity contribution in [2.45, 2.75) is 24.4 Å². The van der Waals surface area contributed by atoms with Crippen molar-refractivity contribution in [2.24, 2.45) is 0 Å². The van der Waals surface area contributed by atoms with Gasteiger partial charge < -0.3 is 29.4 Å². The predicted molar refractivity (Wildman–Crippen MR) is 128 cm³/mol. The Labute approximate surface area is 196 Å². The number of benzene rings is 3. The van der Waals surface area contributed by atoms with E-state index in [4.69, 9.17) is 0 Å². The van der Waals surface area contributed by atoms with Crippen LogP contribution in [0.25, 0.3) is 0 Å². The van der Waals surface area contributed by atoms with Gasteiger partial charge in [0.05, 0.1) is 18.5 Å². The molecule has 12 heteroatoms. The van der Waals surface area contributed by atoms with Gasteiger partial charge in [-0.05, 0) is 33.4 Å². The molecule has 0 unspecified atom stereocenters. The fraction of sp³-hybridized carbons (Fsp3) is 0.182. The molecule has 3 rings (SSSR count). The standard InChI is InChI=1S/C22H25O9P3/c23-32(24,25)13-16-1-7-19(8-2-16)22(20-9-3-17(4-10-20)14-33(26,27)28)21-11-5-18(6-12-21)15-34(29,30)31/h1-12,22H,13-15H2,(H2,23,24,25)(H2,26,27,28)(H2,29,30,31). The minimum atomic E-state index is -4.22. The van der Waals surface area contributed by atoms with Crippen molar-refractivity contribution in [3.63, 3.8) is 0 Å². The first-order valence-electron chi connectivity index (χ1n) is 10.1. The highest BCUT2D eigenvalue weighted by atomic mass is 31.2. The van der Waals surface area contributed by atoms with Crippen LogP contribution in [0.5, 0.6) is 0 Å². The maximum Gasteiger partial charge on any atom is 0.329 e. The van der Waals surface area contributed by atoms with E-state index in [-0.39, 0.29) is 24.4 Å². The van der Waals surface area contributed by atoms with E-state index in [0.717, 1.165) is 16.7 Å². The molecule has 0 heterocycles. The van der Waals surface area contributed by atoms with Crippen LogP contribution in [0.1, 0.15) is 39.3 Å². The number of rotatable bonds is 9. The van der Waals surface area contributed by atoms with Gasteiger partial charge in [-0.15, -0.1) is 0 Å². The molecule has 0 fully saturated rings. The first-order chi connectivity index (χ1) is 15.7. The first kappa shape index (κ1) is 26.7. The molecule has 3 aromatic carbocycles. The third-order valence-electron chi connectivity index (χ3n) is 5.10. The predicted octanol–water partition coefficient (Wildman–Crippen LogP) is 3.90. The molecule has 0 saturated heterocycles. The van der Waals surface area contributed by atoms with Crippen LogP contribution in [0.2, 0.25) is 0 Å². The Balaban J connectivity index is 1.99. The first-order valence-corrected chi connectivity index (χ1v) is 15.5. The quantitative estimate of drug-likeness (QED) is 0.179. The SMILES string of the molecule is O=P(O)(O)Cc1ccc(C(c2ccc(CP(=O)(O)O)cc2)c2ccc(CP(=O)(O)O)cc2)cc1. The largest absolute Gasteiger partial charge is 0.329 e. The molecule has 0 atom stereocenters. The molecule has 0 aliphatic carbocycles. The summed E-state index contributed by atoms with van der Waals surface area (Å²) in [5.74, 6) is -0.336. The normalized spacial score (nSPS) is 12.8. The summed E-state index contributed by atoms with van der Waals surface area (Å²) >= 11 is 0. The molecular weight excluding hydrogens is 501 g/mol. The third-order valence-corrected chi connectivity index (χ3v) is 7.44. The second-order valence-corrected chi connectivity index (χ2v) is 13.1. The molecule has 3 aromatic rings. The molecule has 9 nitrogen and oxygen atoms in total. The van der Waals surface area contributed by atoms with Crippen LogP contribution < -0.4 is 0 Å². The molecule has 34 heavy (non-hydrogen) atoms. The summed E-state index contributed by atoms with van der Waals surface area (Å²) in [6, 6.07) is 20.3. The van der Waals surface area contributed by atoms with E-state index in [1.807, 2.05) is 0 Å². The van der Waals surface area contributed by atoms with Crippen molar-refractivity contribution in [3.8, 4) is 0 Å². The average molecular weight is 526 g/mol. The van der Waals surface area contributed by atoms with Gasteiger partial charge in [-0.1, -0.05) is 72.8 Å². The molecule has 182 valence electrons. The maximum absolute atomic E-state index is 11.3. The van der Waals surface area contributed by atoms with Crippen molar-refractivity contribution < 1.29 is 43.1 Å². The molecule has 6 N–H and O–H groups in total. The van der Waals surface area contributed by atoms with Gasteiger partial charge in [-0.3, -0.25) is 13.7 Å².